The molecule has 0 aromatic carbocycles. The molecule has 1 atom stereocenters. The van der Waals surface area contributed by atoms with E-state index in [0.717, 1.165) is 18.0 Å². The first kappa shape index (κ1) is 13.0. The van der Waals surface area contributed by atoms with Gasteiger partial charge in [0.2, 0.25) is 0 Å². The summed E-state index contributed by atoms with van der Waals surface area (Å²) in [5, 5.41) is 12.5. The van der Waals surface area contributed by atoms with Crippen molar-refractivity contribution in [1.82, 2.24) is 10.3 Å². The second-order valence-corrected chi connectivity index (χ2v) is 5.19. The second kappa shape index (κ2) is 6.51. The van der Waals surface area contributed by atoms with E-state index in [-0.39, 0.29) is 0 Å². The Balaban J connectivity index is 1.88. The molecule has 0 unspecified atom stereocenters. The zero-order valence-corrected chi connectivity index (χ0v) is 11.0. The summed E-state index contributed by atoms with van der Waals surface area (Å²) in [5.74, 6) is 0.793. The lowest BCUT2D eigenvalue weighted by atomic mass is 9.84. The predicted octanol–water partition coefficient (Wildman–Crippen LogP) is 3.01. The van der Waals surface area contributed by atoms with Crippen molar-refractivity contribution in [2.75, 3.05) is 0 Å². The Morgan fingerprint density at radius 1 is 1.44 bits per heavy atom. The molecule has 1 aromatic rings. The van der Waals surface area contributed by atoms with Crippen LogP contribution in [0.5, 0.6) is 0 Å². The van der Waals surface area contributed by atoms with E-state index >= 15 is 0 Å². The summed E-state index contributed by atoms with van der Waals surface area (Å²) in [5.41, 5.74) is 1.54. The Morgan fingerprint density at radius 3 is 2.94 bits per heavy atom. The van der Waals surface area contributed by atoms with Gasteiger partial charge >= 0.3 is 0 Å². The van der Waals surface area contributed by atoms with Crippen LogP contribution in [0.4, 0.5) is 0 Å². The molecular weight excluding hydrogens is 222 g/mol. The van der Waals surface area contributed by atoms with E-state index in [9.17, 15) is 0 Å². The third-order valence-electron chi connectivity index (χ3n) is 3.97. The molecule has 1 aliphatic carbocycles. The lowest BCUT2D eigenvalue weighted by molar-refractivity contribution is 0.280. The number of aromatic nitrogens is 1. The molecule has 1 N–H and O–H groups in total. The van der Waals surface area contributed by atoms with Gasteiger partial charge in [-0.25, -0.2) is 4.98 Å². The van der Waals surface area contributed by atoms with E-state index in [2.05, 4.69) is 23.3 Å². The minimum Gasteiger partial charge on any atom is -0.310 e. The summed E-state index contributed by atoms with van der Waals surface area (Å²) >= 11 is 0. The van der Waals surface area contributed by atoms with Crippen LogP contribution in [0.3, 0.4) is 0 Å². The fraction of sp³-hybridized carbons (Fsp3) is 0.600. The molecule has 1 aromatic heterocycles. The molecule has 0 spiro atoms. The normalized spacial score (nSPS) is 18.2. The summed E-state index contributed by atoms with van der Waals surface area (Å²) in [4.78, 5) is 4.09. The van der Waals surface area contributed by atoms with Crippen LogP contribution >= 0.6 is 0 Å². The quantitative estimate of drug-likeness (QED) is 0.884. The van der Waals surface area contributed by atoms with Gasteiger partial charge < -0.3 is 5.32 Å². The highest BCUT2D eigenvalue weighted by Gasteiger charge is 2.19. The van der Waals surface area contributed by atoms with E-state index in [1.165, 1.54) is 32.1 Å². The van der Waals surface area contributed by atoms with Crippen molar-refractivity contribution in [3.63, 3.8) is 0 Å². The number of hydrogen-bond acceptors (Lipinski definition) is 3. The van der Waals surface area contributed by atoms with Gasteiger partial charge in [0.1, 0.15) is 11.8 Å². The van der Waals surface area contributed by atoms with Crippen molar-refractivity contribution >= 4 is 0 Å². The molecule has 1 fully saturated rings. The minimum atomic E-state index is 0.525. The third kappa shape index (κ3) is 3.30. The van der Waals surface area contributed by atoms with Crippen molar-refractivity contribution in [3.8, 4) is 6.07 Å². The van der Waals surface area contributed by atoms with Crippen LogP contribution in [0.1, 0.15) is 50.3 Å². The van der Waals surface area contributed by atoms with Gasteiger partial charge in [-0.15, -0.1) is 0 Å². The van der Waals surface area contributed by atoms with E-state index < -0.39 is 0 Å². The number of nitrogens with zero attached hydrogens (tertiary/aromatic N) is 2. The average Bonchev–Trinajstić information content (AvgIpc) is 2.46. The number of rotatable bonds is 4. The van der Waals surface area contributed by atoms with Crippen LogP contribution in [0, 0.1) is 17.2 Å². The van der Waals surface area contributed by atoms with Gasteiger partial charge in [-0.3, -0.25) is 0 Å². The Hall–Kier alpha value is -1.40. The van der Waals surface area contributed by atoms with Crippen LogP contribution in [0.25, 0.3) is 0 Å². The highest BCUT2D eigenvalue weighted by molar-refractivity contribution is 5.30. The van der Waals surface area contributed by atoms with Gasteiger partial charge in [0.05, 0.1) is 0 Å². The molecule has 3 nitrogen and oxygen atoms in total. The maximum atomic E-state index is 8.99. The van der Waals surface area contributed by atoms with Gasteiger partial charge in [-0.2, -0.15) is 5.26 Å². The van der Waals surface area contributed by atoms with Crippen LogP contribution < -0.4 is 5.32 Å². The van der Waals surface area contributed by atoms with Gasteiger partial charge in [-0.05, 0) is 31.7 Å². The molecule has 1 heterocycles. The lowest BCUT2D eigenvalue weighted by Crippen LogP contribution is -2.34. The van der Waals surface area contributed by atoms with Crippen molar-refractivity contribution in [2.45, 2.75) is 51.6 Å². The Bertz CT molecular complexity index is 416. The van der Waals surface area contributed by atoms with Crippen molar-refractivity contribution in [3.05, 3.63) is 29.6 Å². The van der Waals surface area contributed by atoms with Gasteiger partial charge in [0.15, 0.2) is 0 Å². The standard InChI is InChI=1S/C15H21N3/c1-12(13-6-3-2-4-7-13)18-11-14-8-5-9-17-15(14)10-16/h5,8-9,12-13,18H,2-4,6-7,11H2,1H3/t12-/m0/s1. The SMILES string of the molecule is C[C@H](NCc1cccnc1C#N)C1CCCCC1. The fourth-order valence-electron chi connectivity index (χ4n) is 2.75. The first-order valence-electron chi connectivity index (χ1n) is 6.88. The molecule has 0 radical (unpaired) electrons. The summed E-state index contributed by atoms with van der Waals surface area (Å²) in [7, 11) is 0. The molecule has 0 aliphatic heterocycles. The molecule has 0 saturated heterocycles. The van der Waals surface area contributed by atoms with Crippen molar-refractivity contribution < 1.29 is 0 Å². The summed E-state index contributed by atoms with van der Waals surface area (Å²) in [6.45, 7) is 3.01. The minimum absolute atomic E-state index is 0.525. The van der Waals surface area contributed by atoms with Gasteiger partial charge in [0, 0.05) is 24.3 Å². The number of nitriles is 1. The number of pyridine rings is 1. The van der Waals surface area contributed by atoms with E-state index in [0.29, 0.717) is 11.7 Å². The molecule has 0 bridgehead atoms. The molecule has 3 heteroatoms. The van der Waals surface area contributed by atoms with Gasteiger partial charge in [0.25, 0.3) is 0 Å². The van der Waals surface area contributed by atoms with Crippen LogP contribution in [0.2, 0.25) is 0 Å². The van der Waals surface area contributed by atoms with Crippen LogP contribution in [-0.4, -0.2) is 11.0 Å². The Morgan fingerprint density at radius 2 is 2.22 bits per heavy atom. The van der Waals surface area contributed by atoms with Crippen molar-refractivity contribution in [2.24, 2.45) is 5.92 Å². The zero-order valence-electron chi connectivity index (χ0n) is 11.0. The summed E-state index contributed by atoms with van der Waals surface area (Å²) < 4.78 is 0. The highest BCUT2D eigenvalue weighted by Crippen LogP contribution is 2.26. The lowest BCUT2D eigenvalue weighted by Gasteiger charge is -2.28. The molecule has 96 valence electrons. The zero-order chi connectivity index (χ0) is 12.8. The number of nitrogens with one attached hydrogen (secondary N) is 1. The molecule has 1 aliphatic rings. The van der Waals surface area contributed by atoms with Crippen LogP contribution in [-0.2, 0) is 6.54 Å². The van der Waals surface area contributed by atoms with Crippen molar-refractivity contribution in [1.29, 1.82) is 5.26 Å². The summed E-state index contributed by atoms with van der Waals surface area (Å²) in [6.07, 6.45) is 8.48. The average molecular weight is 243 g/mol. The first-order valence-corrected chi connectivity index (χ1v) is 6.88. The largest absolute Gasteiger partial charge is 0.310 e. The topological polar surface area (TPSA) is 48.7 Å². The molecule has 18 heavy (non-hydrogen) atoms. The Kier molecular flexibility index (Phi) is 4.72. The smallest absolute Gasteiger partial charge is 0.144 e. The molecule has 1 saturated carbocycles. The highest BCUT2D eigenvalue weighted by atomic mass is 14.9. The maximum Gasteiger partial charge on any atom is 0.144 e. The van der Waals surface area contributed by atoms with Crippen LogP contribution in [0.15, 0.2) is 18.3 Å². The summed E-state index contributed by atoms with van der Waals surface area (Å²) in [6, 6.07) is 6.54. The predicted molar refractivity (Wildman–Crippen MR) is 71.8 cm³/mol. The van der Waals surface area contributed by atoms with E-state index in [1.54, 1.807) is 6.20 Å². The van der Waals surface area contributed by atoms with E-state index in [4.69, 9.17) is 5.26 Å². The number of hydrogen-bond donors (Lipinski definition) is 1. The Labute approximate surface area is 109 Å². The monoisotopic (exact) mass is 243 g/mol. The third-order valence-corrected chi connectivity index (χ3v) is 3.97. The van der Waals surface area contributed by atoms with Gasteiger partial charge in [-0.1, -0.05) is 25.3 Å². The molecule has 0 amide bonds. The first-order chi connectivity index (χ1) is 8.81. The maximum absolute atomic E-state index is 8.99. The second-order valence-electron chi connectivity index (χ2n) is 5.19. The molecular formula is C15H21N3. The van der Waals surface area contributed by atoms with E-state index in [1.807, 2.05) is 12.1 Å². The molecule has 2 rings (SSSR count). The fourth-order valence-corrected chi connectivity index (χ4v) is 2.75.